The number of nitrogens with one attached hydrogen (secondary N) is 1. The number of amides is 2. The molecule has 1 saturated carbocycles. The molecule has 3 rings (SSSR count). The summed E-state index contributed by atoms with van der Waals surface area (Å²) >= 11 is 3.36. The molecule has 24 heavy (non-hydrogen) atoms. The minimum Gasteiger partial charge on any atom is -0.329 e. The molecule has 0 unspecified atom stereocenters. The molecule has 7 heteroatoms. The summed E-state index contributed by atoms with van der Waals surface area (Å²) < 4.78 is 0.909. The van der Waals surface area contributed by atoms with Gasteiger partial charge in [-0.2, -0.15) is 0 Å². The lowest BCUT2D eigenvalue weighted by molar-refractivity contribution is -0.117. The minimum absolute atomic E-state index is 0.0103. The predicted octanol–water partition coefficient (Wildman–Crippen LogP) is 2.73. The van der Waals surface area contributed by atoms with Crippen LogP contribution in [0.4, 0.5) is 5.95 Å². The fourth-order valence-corrected chi connectivity index (χ4v) is 2.57. The first-order chi connectivity index (χ1) is 11.6. The van der Waals surface area contributed by atoms with E-state index in [9.17, 15) is 9.59 Å². The first-order valence-electron chi connectivity index (χ1n) is 7.73. The summed E-state index contributed by atoms with van der Waals surface area (Å²) in [5.41, 5.74) is 0.572. The maximum absolute atomic E-state index is 12.7. The van der Waals surface area contributed by atoms with Gasteiger partial charge in [0.1, 0.15) is 6.54 Å². The van der Waals surface area contributed by atoms with Crippen LogP contribution in [-0.4, -0.2) is 39.8 Å². The molecule has 1 aliphatic rings. The first kappa shape index (κ1) is 16.6. The average Bonchev–Trinajstić information content (AvgIpc) is 3.39. The van der Waals surface area contributed by atoms with Crippen molar-refractivity contribution in [2.45, 2.75) is 12.8 Å². The normalized spacial score (nSPS) is 13.4. The summed E-state index contributed by atoms with van der Waals surface area (Å²) in [5, 5.41) is 2.62. The summed E-state index contributed by atoms with van der Waals surface area (Å²) in [4.78, 5) is 34.4. The molecule has 1 fully saturated rings. The second kappa shape index (κ2) is 7.53. The minimum atomic E-state index is -0.299. The zero-order chi connectivity index (χ0) is 16.9. The third-order valence-corrected chi connectivity index (χ3v) is 4.23. The maximum Gasteiger partial charge on any atom is 0.254 e. The molecule has 0 atom stereocenters. The van der Waals surface area contributed by atoms with Gasteiger partial charge in [0, 0.05) is 29.0 Å². The summed E-state index contributed by atoms with van der Waals surface area (Å²) in [6.07, 6.45) is 5.32. The Morgan fingerprint density at radius 3 is 2.46 bits per heavy atom. The highest BCUT2D eigenvalue weighted by Gasteiger charge is 2.28. The summed E-state index contributed by atoms with van der Waals surface area (Å²) in [7, 11) is 0. The number of benzene rings is 1. The molecule has 1 aromatic heterocycles. The van der Waals surface area contributed by atoms with Gasteiger partial charge < -0.3 is 4.90 Å². The van der Waals surface area contributed by atoms with E-state index in [0.29, 0.717) is 18.0 Å². The molecule has 1 aliphatic carbocycles. The number of aromatic nitrogens is 2. The van der Waals surface area contributed by atoms with Crippen LogP contribution in [0.25, 0.3) is 0 Å². The van der Waals surface area contributed by atoms with Crippen LogP contribution in [0.2, 0.25) is 0 Å². The Balaban J connectivity index is 1.67. The molecule has 2 aromatic rings. The number of hydrogen-bond donors (Lipinski definition) is 1. The van der Waals surface area contributed by atoms with Crippen molar-refractivity contribution in [1.82, 2.24) is 14.9 Å². The lowest BCUT2D eigenvalue weighted by Gasteiger charge is -2.22. The number of carbonyl (C=O) groups is 2. The first-order valence-corrected chi connectivity index (χ1v) is 8.53. The third-order valence-electron chi connectivity index (χ3n) is 3.71. The highest BCUT2D eigenvalue weighted by Crippen LogP contribution is 2.30. The molecular formula is C17H17BrN4O2. The second-order valence-corrected chi connectivity index (χ2v) is 6.67. The molecule has 6 nitrogen and oxygen atoms in total. The molecule has 0 aliphatic heterocycles. The van der Waals surface area contributed by atoms with Crippen molar-refractivity contribution in [2.24, 2.45) is 5.92 Å². The second-order valence-electron chi connectivity index (χ2n) is 5.76. The summed E-state index contributed by atoms with van der Waals surface area (Å²) in [6, 6.07) is 8.82. The van der Waals surface area contributed by atoms with Gasteiger partial charge in [0.25, 0.3) is 5.91 Å². The molecule has 1 N–H and O–H groups in total. The van der Waals surface area contributed by atoms with Crippen molar-refractivity contribution >= 4 is 33.7 Å². The number of anilines is 1. The van der Waals surface area contributed by atoms with Gasteiger partial charge >= 0.3 is 0 Å². The predicted molar refractivity (Wildman–Crippen MR) is 93.4 cm³/mol. The number of hydrogen-bond acceptors (Lipinski definition) is 4. The van der Waals surface area contributed by atoms with Crippen LogP contribution in [0, 0.1) is 5.92 Å². The van der Waals surface area contributed by atoms with Crippen LogP contribution < -0.4 is 5.32 Å². The van der Waals surface area contributed by atoms with Gasteiger partial charge in [0.05, 0.1) is 0 Å². The fraction of sp³-hybridized carbons (Fsp3) is 0.294. The number of rotatable bonds is 6. The standard InChI is InChI=1S/C17H17BrN4O2/c18-14-6-4-13(5-7-14)16(24)22(10-12-2-3-12)11-15(23)21-17-19-8-1-9-20-17/h1,4-9,12H,2-3,10-11H2,(H,19,20,21,23). The zero-order valence-electron chi connectivity index (χ0n) is 13.0. The van der Waals surface area contributed by atoms with Gasteiger partial charge in [-0.3, -0.25) is 14.9 Å². The largest absolute Gasteiger partial charge is 0.329 e. The van der Waals surface area contributed by atoms with Crippen LogP contribution in [0.3, 0.4) is 0 Å². The number of halogens is 1. The highest BCUT2D eigenvalue weighted by molar-refractivity contribution is 9.10. The quantitative estimate of drug-likeness (QED) is 0.825. The molecule has 0 saturated heterocycles. The lowest BCUT2D eigenvalue weighted by atomic mass is 10.2. The van der Waals surface area contributed by atoms with Crippen LogP contribution in [0.1, 0.15) is 23.2 Å². The molecule has 124 valence electrons. The van der Waals surface area contributed by atoms with Gasteiger partial charge in [-0.1, -0.05) is 15.9 Å². The van der Waals surface area contributed by atoms with Gasteiger partial charge in [-0.05, 0) is 49.1 Å². The van der Waals surface area contributed by atoms with Crippen LogP contribution in [0.15, 0.2) is 47.2 Å². The van der Waals surface area contributed by atoms with Crippen molar-refractivity contribution in [3.63, 3.8) is 0 Å². The molecule has 0 spiro atoms. The lowest BCUT2D eigenvalue weighted by Crippen LogP contribution is -2.39. The van der Waals surface area contributed by atoms with Crippen molar-refractivity contribution in [1.29, 1.82) is 0 Å². The van der Waals surface area contributed by atoms with Crippen molar-refractivity contribution < 1.29 is 9.59 Å². The van der Waals surface area contributed by atoms with E-state index in [1.54, 1.807) is 35.5 Å². The van der Waals surface area contributed by atoms with Crippen LogP contribution >= 0.6 is 15.9 Å². The van der Waals surface area contributed by atoms with Gasteiger partial charge in [-0.15, -0.1) is 0 Å². The summed E-state index contributed by atoms with van der Waals surface area (Å²) in [5.74, 6) is 0.293. The van der Waals surface area contributed by atoms with Crippen LogP contribution in [-0.2, 0) is 4.79 Å². The van der Waals surface area contributed by atoms with E-state index >= 15 is 0 Å². The molecule has 2 amide bonds. The van der Waals surface area contributed by atoms with Crippen LogP contribution in [0.5, 0.6) is 0 Å². The third kappa shape index (κ3) is 4.61. The monoisotopic (exact) mass is 388 g/mol. The van der Waals surface area contributed by atoms with E-state index in [-0.39, 0.29) is 24.3 Å². The van der Waals surface area contributed by atoms with E-state index in [1.807, 2.05) is 12.1 Å². The molecule has 0 bridgehead atoms. The topological polar surface area (TPSA) is 75.2 Å². The molecule has 1 aromatic carbocycles. The smallest absolute Gasteiger partial charge is 0.254 e. The van der Waals surface area contributed by atoms with Crippen molar-refractivity contribution in [3.8, 4) is 0 Å². The zero-order valence-corrected chi connectivity index (χ0v) is 14.6. The highest BCUT2D eigenvalue weighted by atomic mass is 79.9. The van der Waals surface area contributed by atoms with Crippen molar-refractivity contribution in [2.75, 3.05) is 18.4 Å². The Morgan fingerprint density at radius 2 is 1.83 bits per heavy atom. The Kier molecular flexibility index (Phi) is 5.20. The van der Waals surface area contributed by atoms with Gasteiger partial charge in [0.2, 0.25) is 11.9 Å². The van der Waals surface area contributed by atoms with Gasteiger partial charge in [-0.25, -0.2) is 9.97 Å². The summed E-state index contributed by atoms with van der Waals surface area (Å²) in [6.45, 7) is 0.585. The Morgan fingerprint density at radius 1 is 1.17 bits per heavy atom. The Hall–Kier alpha value is -2.28. The SMILES string of the molecule is O=C(CN(CC1CC1)C(=O)c1ccc(Br)cc1)Nc1ncccn1. The average molecular weight is 389 g/mol. The van der Waals surface area contributed by atoms with E-state index in [4.69, 9.17) is 0 Å². The molecule has 1 heterocycles. The van der Waals surface area contributed by atoms with Gasteiger partial charge in [0.15, 0.2) is 0 Å². The van der Waals surface area contributed by atoms with E-state index in [0.717, 1.165) is 17.3 Å². The molecular weight excluding hydrogens is 372 g/mol. The van der Waals surface area contributed by atoms with E-state index in [1.165, 1.54) is 0 Å². The molecule has 0 radical (unpaired) electrons. The number of nitrogens with zero attached hydrogens (tertiary/aromatic N) is 3. The number of carbonyl (C=O) groups excluding carboxylic acids is 2. The van der Waals surface area contributed by atoms with Crippen molar-refractivity contribution in [3.05, 3.63) is 52.8 Å². The Bertz CT molecular complexity index is 717. The van der Waals surface area contributed by atoms with E-state index in [2.05, 4.69) is 31.2 Å². The Labute approximate surface area is 148 Å². The van der Waals surface area contributed by atoms with E-state index < -0.39 is 0 Å². The fourth-order valence-electron chi connectivity index (χ4n) is 2.31. The maximum atomic E-state index is 12.7.